The molecule has 7 heteroatoms. The van der Waals surface area contributed by atoms with Gasteiger partial charge in [0.1, 0.15) is 6.54 Å². The van der Waals surface area contributed by atoms with Crippen LogP contribution in [0.3, 0.4) is 0 Å². The number of amides is 4. The Morgan fingerprint density at radius 3 is 2.17 bits per heavy atom. The number of urea groups is 1. The number of hydrogen-bond acceptors (Lipinski definition) is 5. The monoisotopic (exact) mass is 174 g/mol. The summed E-state index contributed by atoms with van der Waals surface area (Å²) in [5, 5.41) is 17.9. The highest BCUT2D eigenvalue weighted by atomic mass is 16.5. The maximum atomic E-state index is 10.9. The molecule has 4 amide bonds. The fourth-order valence-corrected chi connectivity index (χ4v) is 0.876. The predicted octanol–water partition coefficient (Wildman–Crippen LogP) is -2.32. The van der Waals surface area contributed by atoms with E-state index in [1.54, 1.807) is 0 Å². The van der Waals surface area contributed by atoms with Gasteiger partial charge in [0.05, 0.1) is 0 Å². The molecule has 0 saturated carbocycles. The van der Waals surface area contributed by atoms with E-state index in [4.69, 9.17) is 10.2 Å². The van der Waals surface area contributed by atoms with Crippen molar-refractivity contribution >= 4 is 18.9 Å². The van der Waals surface area contributed by atoms with Crippen molar-refractivity contribution in [3.05, 3.63) is 0 Å². The lowest BCUT2D eigenvalue weighted by Gasteiger charge is -2.18. The standard InChI is InChI=1S/C5H6N2O5/c8-2-6-1-5(11,12)7(3-9)4(6)10/h2-3,11-12H,1H2. The molecule has 0 bridgehead atoms. The van der Waals surface area contributed by atoms with Gasteiger partial charge in [0, 0.05) is 0 Å². The van der Waals surface area contributed by atoms with Crippen molar-refractivity contribution in [2.24, 2.45) is 0 Å². The van der Waals surface area contributed by atoms with E-state index in [2.05, 4.69) is 0 Å². The van der Waals surface area contributed by atoms with Gasteiger partial charge in [-0.2, -0.15) is 0 Å². The highest BCUT2D eigenvalue weighted by Crippen LogP contribution is 2.18. The molecular weight excluding hydrogens is 168 g/mol. The van der Waals surface area contributed by atoms with Gasteiger partial charge in [0.25, 0.3) is 5.91 Å². The van der Waals surface area contributed by atoms with Crippen molar-refractivity contribution in [3.8, 4) is 0 Å². The van der Waals surface area contributed by atoms with Crippen LogP contribution in [0.4, 0.5) is 4.79 Å². The highest BCUT2D eigenvalue weighted by molar-refractivity contribution is 5.94. The van der Waals surface area contributed by atoms with Gasteiger partial charge in [-0.3, -0.25) is 14.5 Å². The van der Waals surface area contributed by atoms with E-state index >= 15 is 0 Å². The van der Waals surface area contributed by atoms with Crippen LogP contribution in [0, 0.1) is 0 Å². The molecule has 12 heavy (non-hydrogen) atoms. The SMILES string of the molecule is O=CN1CC(O)(O)N(C=O)C1=O. The van der Waals surface area contributed by atoms with Crippen LogP contribution in [-0.2, 0) is 9.59 Å². The summed E-state index contributed by atoms with van der Waals surface area (Å²) in [6, 6.07) is -1.05. The van der Waals surface area contributed by atoms with E-state index in [0.717, 1.165) is 0 Å². The summed E-state index contributed by atoms with van der Waals surface area (Å²) < 4.78 is 0. The minimum atomic E-state index is -2.58. The molecule has 2 N–H and O–H groups in total. The molecule has 0 aromatic heterocycles. The Labute approximate surface area is 66.8 Å². The summed E-state index contributed by atoms with van der Waals surface area (Å²) in [5.74, 6) is -2.58. The number of hydrogen-bond donors (Lipinski definition) is 2. The summed E-state index contributed by atoms with van der Waals surface area (Å²) in [4.78, 5) is 31.7. The molecule has 0 radical (unpaired) electrons. The van der Waals surface area contributed by atoms with Crippen LogP contribution in [0.1, 0.15) is 0 Å². The van der Waals surface area contributed by atoms with Gasteiger partial charge in [-0.15, -0.1) is 0 Å². The first-order chi connectivity index (χ1) is 5.53. The third kappa shape index (κ3) is 1.04. The van der Waals surface area contributed by atoms with E-state index in [9.17, 15) is 14.4 Å². The summed E-state index contributed by atoms with van der Waals surface area (Å²) >= 11 is 0. The molecule has 7 nitrogen and oxygen atoms in total. The van der Waals surface area contributed by atoms with Crippen LogP contribution >= 0.6 is 0 Å². The molecule has 0 aromatic rings. The van der Waals surface area contributed by atoms with Gasteiger partial charge in [-0.25, -0.2) is 9.69 Å². The zero-order valence-corrected chi connectivity index (χ0v) is 5.88. The van der Waals surface area contributed by atoms with Crippen LogP contribution in [0.2, 0.25) is 0 Å². The third-order valence-corrected chi connectivity index (χ3v) is 1.45. The second kappa shape index (κ2) is 2.54. The lowest BCUT2D eigenvalue weighted by Crippen LogP contribution is -2.46. The molecule has 0 aliphatic carbocycles. The van der Waals surface area contributed by atoms with E-state index < -0.39 is 18.5 Å². The van der Waals surface area contributed by atoms with Crippen molar-refractivity contribution in [1.82, 2.24) is 9.80 Å². The molecule has 0 aromatic carbocycles. The largest absolute Gasteiger partial charge is 0.347 e. The molecule has 1 heterocycles. The zero-order chi connectivity index (χ0) is 9.35. The van der Waals surface area contributed by atoms with Crippen LogP contribution in [0.5, 0.6) is 0 Å². The van der Waals surface area contributed by atoms with Crippen LogP contribution < -0.4 is 0 Å². The Balaban J connectivity index is 2.94. The van der Waals surface area contributed by atoms with Gasteiger partial charge in [0.15, 0.2) is 0 Å². The zero-order valence-electron chi connectivity index (χ0n) is 5.88. The first kappa shape index (κ1) is 8.62. The second-order valence-electron chi connectivity index (χ2n) is 2.27. The van der Waals surface area contributed by atoms with E-state index in [0.29, 0.717) is 4.90 Å². The number of β-amino-alcohol motifs (C(OH)–C–C–N with tert-alkyl or cyclic N) is 2. The van der Waals surface area contributed by atoms with Crippen LogP contribution in [-0.4, -0.2) is 51.3 Å². The number of rotatable bonds is 2. The van der Waals surface area contributed by atoms with Gasteiger partial charge in [0.2, 0.25) is 12.8 Å². The van der Waals surface area contributed by atoms with Crippen LogP contribution in [0.15, 0.2) is 0 Å². The van der Waals surface area contributed by atoms with E-state index in [-0.39, 0.29) is 17.7 Å². The maximum Gasteiger partial charge on any atom is 0.337 e. The maximum absolute atomic E-state index is 10.9. The summed E-state index contributed by atoms with van der Waals surface area (Å²) in [6.07, 6.45) is 0.0683. The Kier molecular flexibility index (Phi) is 1.82. The first-order valence-electron chi connectivity index (χ1n) is 2.98. The smallest absolute Gasteiger partial charge is 0.337 e. The lowest BCUT2D eigenvalue weighted by molar-refractivity contribution is -0.218. The molecule has 1 aliphatic heterocycles. The summed E-state index contributed by atoms with van der Waals surface area (Å²) in [6.45, 7) is -0.631. The number of aliphatic hydroxyl groups is 2. The van der Waals surface area contributed by atoms with Crippen molar-refractivity contribution in [3.63, 3.8) is 0 Å². The Morgan fingerprint density at radius 1 is 1.33 bits per heavy atom. The molecule has 0 atom stereocenters. The van der Waals surface area contributed by atoms with Crippen LogP contribution in [0.25, 0.3) is 0 Å². The van der Waals surface area contributed by atoms with Gasteiger partial charge >= 0.3 is 6.03 Å². The normalized spacial score (nSPS) is 21.3. The topological polar surface area (TPSA) is 98.2 Å². The number of carbonyl (C=O) groups excluding carboxylic acids is 3. The van der Waals surface area contributed by atoms with Gasteiger partial charge in [-0.1, -0.05) is 0 Å². The van der Waals surface area contributed by atoms with Crippen molar-refractivity contribution < 1.29 is 24.6 Å². The molecule has 1 aliphatic rings. The number of carbonyl (C=O) groups is 3. The molecule has 0 unspecified atom stereocenters. The summed E-state index contributed by atoms with van der Waals surface area (Å²) in [7, 11) is 0. The molecule has 66 valence electrons. The quantitative estimate of drug-likeness (QED) is 0.361. The first-order valence-corrected chi connectivity index (χ1v) is 2.98. The Bertz CT molecular complexity index is 238. The average Bonchev–Trinajstić information content (AvgIpc) is 2.21. The van der Waals surface area contributed by atoms with Gasteiger partial charge < -0.3 is 10.2 Å². The minimum absolute atomic E-state index is 0.0498. The average molecular weight is 174 g/mol. The fourth-order valence-electron chi connectivity index (χ4n) is 0.876. The number of imide groups is 2. The van der Waals surface area contributed by atoms with Crippen molar-refractivity contribution in [2.45, 2.75) is 5.91 Å². The van der Waals surface area contributed by atoms with Crippen molar-refractivity contribution in [1.29, 1.82) is 0 Å². The molecule has 0 spiro atoms. The molecule has 1 saturated heterocycles. The van der Waals surface area contributed by atoms with Crippen molar-refractivity contribution in [2.75, 3.05) is 6.54 Å². The van der Waals surface area contributed by atoms with E-state index in [1.165, 1.54) is 0 Å². The van der Waals surface area contributed by atoms with E-state index in [1.807, 2.05) is 0 Å². The summed E-state index contributed by atoms with van der Waals surface area (Å²) in [5.41, 5.74) is 0. The Hall–Kier alpha value is -1.47. The lowest BCUT2D eigenvalue weighted by atomic mass is 10.5. The highest BCUT2D eigenvalue weighted by Gasteiger charge is 2.47. The molecule has 1 rings (SSSR count). The molecule has 1 fully saturated rings. The second-order valence-corrected chi connectivity index (χ2v) is 2.27. The minimum Gasteiger partial charge on any atom is -0.347 e. The Morgan fingerprint density at radius 2 is 1.92 bits per heavy atom. The van der Waals surface area contributed by atoms with Gasteiger partial charge in [-0.05, 0) is 0 Å². The predicted molar refractivity (Wildman–Crippen MR) is 33.2 cm³/mol. The number of nitrogens with zero attached hydrogens (tertiary/aromatic N) is 2. The fraction of sp³-hybridized carbons (Fsp3) is 0.400. The third-order valence-electron chi connectivity index (χ3n) is 1.45. The molecular formula is C5H6N2O5.